The van der Waals surface area contributed by atoms with Crippen molar-refractivity contribution in [3.05, 3.63) is 41.2 Å². The Morgan fingerprint density at radius 3 is 2.48 bits per heavy atom. The zero-order valence-electron chi connectivity index (χ0n) is 15.9. The van der Waals surface area contributed by atoms with Crippen LogP contribution in [0.4, 0.5) is 17.3 Å². The van der Waals surface area contributed by atoms with Crippen LogP contribution >= 0.6 is 24.8 Å². The Labute approximate surface area is 172 Å². The number of rotatable bonds is 8. The number of halogens is 2. The van der Waals surface area contributed by atoms with Gasteiger partial charge in [0.25, 0.3) is 5.91 Å². The SMILES string of the molecule is CCc1nc(C(N)=O)c(Nc2cccc(CCN)c2)nc1N(C)CC.Cl.Cl. The highest BCUT2D eigenvalue weighted by Gasteiger charge is 2.18. The third kappa shape index (κ3) is 6.23. The van der Waals surface area contributed by atoms with E-state index in [-0.39, 0.29) is 30.5 Å². The summed E-state index contributed by atoms with van der Waals surface area (Å²) in [6.07, 6.45) is 1.45. The Bertz CT molecular complexity index is 757. The zero-order chi connectivity index (χ0) is 18.4. The lowest BCUT2D eigenvalue weighted by molar-refractivity contribution is 0.0996. The molecule has 2 rings (SSSR count). The monoisotopic (exact) mass is 414 g/mol. The Kier molecular flexibility index (Phi) is 10.7. The number of primary amides is 1. The van der Waals surface area contributed by atoms with E-state index in [0.717, 1.165) is 35.7 Å². The van der Waals surface area contributed by atoms with Crippen LogP contribution in [0.5, 0.6) is 0 Å². The van der Waals surface area contributed by atoms with E-state index in [0.29, 0.717) is 18.8 Å². The number of carbonyl (C=O) groups excluding carboxylic acids is 1. The second kappa shape index (κ2) is 11.6. The molecule has 0 bridgehead atoms. The van der Waals surface area contributed by atoms with E-state index in [4.69, 9.17) is 11.5 Å². The maximum Gasteiger partial charge on any atom is 0.271 e. The van der Waals surface area contributed by atoms with E-state index in [1.165, 1.54) is 0 Å². The van der Waals surface area contributed by atoms with E-state index in [9.17, 15) is 4.79 Å². The molecule has 0 aliphatic heterocycles. The van der Waals surface area contributed by atoms with Crippen LogP contribution in [0.1, 0.15) is 35.6 Å². The van der Waals surface area contributed by atoms with Crippen molar-refractivity contribution in [2.75, 3.05) is 30.4 Å². The van der Waals surface area contributed by atoms with Crippen molar-refractivity contribution in [3.63, 3.8) is 0 Å². The van der Waals surface area contributed by atoms with Crippen molar-refractivity contribution >= 4 is 48.0 Å². The first-order valence-corrected chi connectivity index (χ1v) is 8.48. The number of hydrogen-bond acceptors (Lipinski definition) is 6. The predicted octanol–water partition coefficient (Wildman–Crippen LogP) is 2.68. The number of aryl methyl sites for hydroxylation is 1. The highest BCUT2D eigenvalue weighted by Crippen LogP contribution is 2.24. The number of amides is 1. The molecule has 0 fully saturated rings. The summed E-state index contributed by atoms with van der Waals surface area (Å²) in [5, 5.41) is 3.18. The average Bonchev–Trinajstić information content (AvgIpc) is 2.61. The fourth-order valence-corrected chi connectivity index (χ4v) is 2.52. The maximum absolute atomic E-state index is 11.8. The summed E-state index contributed by atoms with van der Waals surface area (Å²) in [4.78, 5) is 22.9. The number of nitrogens with two attached hydrogens (primary N) is 2. The average molecular weight is 415 g/mol. The van der Waals surface area contributed by atoms with Gasteiger partial charge in [-0.3, -0.25) is 4.79 Å². The van der Waals surface area contributed by atoms with Gasteiger partial charge in [-0.2, -0.15) is 0 Å². The van der Waals surface area contributed by atoms with Crippen LogP contribution in [0.15, 0.2) is 24.3 Å². The highest BCUT2D eigenvalue weighted by molar-refractivity contribution is 5.96. The minimum absolute atomic E-state index is 0. The molecule has 7 nitrogen and oxygen atoms in total. The Morgan fingerprint density at radius 2 is 1.93 bits per heavy atom. The van der Waals surface area contributed by atoms with Crippen LogP contribution in [0.25, 0.3) is 0 Å². The molecule has 27 heavy (non-hydrogen) atoms. The molecule has 1 heterocycles. The summed E-state index contributed by atoms with van der Waals surface area (Å²) < 4.78 is 0. The Balaban J connectivity index is 0.00000338. The number of nitrogens with zero attached hydrogens (tertiary/aromatic N) is 3. The number of nitrogens with one attached hydrogen (secondary N) is 1. The molecule has 0 radical (unpaired) electrons. The topological polar surface area (TPSA) is 110 Å². The molecule has 2 aromatic rings. The van der Waals surface area contributed by atoms with Gasteiger partial charge in [0.1, 0.15) is 0 Å². The normalized spacial score (nSPS) is 9.78. The fraction of sp³-hybridized carbons (Fsp3) is 0.389. The van der Waals surface area contributed by atoms with Crippen LogP contribution < -0.4 is 21.7 Å². The molecular formula is C18H28Cl2N6O. The molecule has 9 heteroatoms. The van der Waals surface area contributed by atoms with Crippen LogP contribution in [-0.4, -0.2) is 36.0 Å². The second-order valence-corrected chi connectivity index (χ2v) is 5.79. The molecular weight excluding hydrogens is 387 g/mol. The van der Waals surface area contributed by atoms with Gasteiger partial charge in [-0.05, 0) is 44.0 Å². The molecule has 0 unspecified atom stereocenters. The van der Waals surface area contributed by atoms with E-state index in [1.54, 1.807) is 0 Å². The van der Waals surface area contributed by atoms with Crippen molar-refractivity contribution < 1.29 is 4.79 Å². The van der Waals surface area contributed by atoms with Crippen molar-refractivity contribution in [1.82, 2.24) is 9.97 Å². The largest absolute Gasteiger partial charge is 0.364 e. The predicted molar refractivity (Wildman–Crippen MR) is 116 cm³/mol. The molecule has 0 aliphatic carbocycles. The van der Waals surface area contributed by atoms with E-state index < -0.39 is 5.91 Å². The summed E-state index contributed by atoms with van der Waals surface area (Å²) in [7, 11) is 1.94. The standard InChI is InChI=1S/C18H26N6O.2ClH/c1-4-14-18(24(3)5-2)23-17(15(22-14)16(20)25)21-13-8-6-7-12(11-13)9-10-19;;/h6-8,11H,4-5,9-10,19H2,1-3H3,(H2,20,25)(H,21,23);2*1H. The number of anilines is 3. The number of aromatic nitrogens is 2. The minimum Gasteiger partial charge on any atom is -0.364 e. The van der Waals surface area contributed by atoms with Crippen LogP contribution in [0.3, 0.4) is 0 Å². The zero-order valence-corrected chi connectivity index (χ0v) is 17.5. The summed E-state index contributed by atoms with van der Waals surface area (Å²) in [5.74, 6) is 0.508. The summed E-state index contributed by atoms with van der Waals surface area (Å²) in [6.45, 7) is 5.37. The van der Waals surface area contributed by atoms with Gasteiger partial charge in [0.05, 0.1) is 5.69 Å². The maximum atomic E-state index is 11.8. The van der Waals surface area contributed by atoms with E-state index >= 15 is 0 Å². The van der Waals surface area contributed by atoms with Crippen molar-refractivity contribution in [1.29, 1.82) is 0 Å². The van der Waals surface area contributed by atoms with E-state index in [1.807, 2.05) is 50.1 Å². The molecule has 1 amide bonds. The summed E-state index contributed by atoms with van der Waals surface area (Å²) in [5.41, 5.74) is 14.0. The number of benzene rings is 1. The first kappa shape index (κ1) is 24.9. The fourth-order valence-electron chi connectivity index (χ4n) is 2.52. The summed E-state index contributed by atoms with van der Waals surface area (Å²) in [6, 6.07) is 7.83. The second-order valence-electron chi connectivity index (χ2n) is 5.79. The molecule has 150 valence electrons. The molecule has 0 saturated carbocycles. The molecule has 0 saturated heterocycles. The first-order chi connectivity index (χ1) is 12.0. The third-order valence-electron chi connectivity index (χ3n) is 3.97. The van der Waals surface area contributed by atoms with Gasteiger partial charge >= 0.3 is 0 Å². The molecule has 0 aliphatic rings. The minimum atomic E-state index is -0.603. The highest BCUT2D eigenvalue weighted by atomic mass is 35.5. The van der Waals surface area contributed by atoms with Crippen LogP contribution in [0, 0.1) is 0 Å². The van der Waals surface area contributed by atoms with Crippen molar-refractivity contribution in [3.8, 4) is 0 Å². The van der Waals surface area contributed by atoms with Gasteiger partial charge in [0.15, 0.2) is 17.3 Å². The molecule has 5 N–H and O–H groups in total. The smallest absolute Gasteiger partial charge is 0.271 e. The van der Waals surface area contributed by atoms with Gasteiger partial charge in [-0.15, -0.1) is 24.8 Å². The van der Waals surface area contributed by atoms with Crippen LogP contribution in [0.2, 0.25) is 0 Å². The van der Waals surface area contributed by atoms with Crippen LogP contribution in [-0.2, 0) is 12.8 Å². The lowest BCUT2D eigenvalue weighted by Gasteiger charge is -2.21. The number of carbonyl (C=O) groups is 1. The Morgan fingerprint density at radius 1 is 1.22 bits per heavy atom. The van der Waals surface area contributed by atoms with Crippen molar-refractivity contribution in [2.45, 2.75) is 26.7 Å². The molecule has 0 spiro atoms. The van der Waals surface area contributed by atoms with E-state index in [2.05, 4.69) is 15.3 Å². The molecule has 1 aromatic carbocycles. The lowest BCUT2D eigenvalue weighted by Crippen LogP contribution is -2.24. The molecule has 1 aromatic heterocycles. The van der Waals surface area contributed by atoms with Gasteiger partial charge in [-0.1, -0.05) is 19.1 Å². The number of hydrogen-bond donors (Lipinski definition) is 3. The first-order valence-electron chi connectivity index (χ1n) is 8.48. The molecule has 0 atom stereocenters. The lowest BCUT2D eigenvalue weighted by atomic mass is 10.1. The quantitative estimate of drug-likeness (QED) is 0.612. The van der Waals surface area contributed by atoms with Gasteiger partial charge in [0.2, 0.25) is 0 Å². The summed E-state index contributed by atoms with van der Waals surface area (Å²) >= 11 is 0. The van der Waals surface area contributed by atoms with Gasteiger partial charge in [0, 0.05) is 19.3 Å². The third-order valence-corrected chi connectivity index (χ3v) is 3.97. The Hall–Kier alpha value is -2.09. The van der Waals surface area contributed by atoms with Gasteiger partial charge in [-0.25, -0.2) is 9.97 Å². The van der Waals surface area contributed by atoms with Crippen molar-refractivity contribution in [2.24, 2.45) is 11.5 Å². The van der Waals surface area contributed by atoms with Gasteiger partial charge < -0.3 is 21.7 Å².